The molecule has 96 valence electrons. The van der Waals surface area contributed by atoms with Crippen LogP contribution < -0.4 is 5.32 Å². The molecule has 1 aliphatic heterocycles. The third-order valence-corrected chi connectivity index (χ3v) is 3.50. The number of imidazole rings is 1. The Morgan fingerprint density at radius 3 is 3.06 bits per heavy atom. The van der Waals surface area contributed by atoms with E-state index in [2.05, 4.69) is 21.8 Å². The summed E-state index contributed by atoms with van der Waals surface area (Å²) in [6.07, 6.45) is 7.63. The molecule has 4 heteroatoms. The van der Waals surface area contributed by atoms with Gasteiger partial charge >= 0.3 is 0 Å². The largest absolute Gasteiger partial charge is 0.381 e. The Balaban J connectivity index is 1.62. The summed E-state index contributed by atoms with van der Waals surface area (Å²) in [7, 11) is 0. The van der Waals surface area contributed by atoms with Crippen molar-refractivity contribution in [2.75, 3.05) is 19.8 Å². The molecular formula is C13H23N3O. The minimum absolute atomic E-state index is 0.849. The van der Waals surface area contributed by atoms with Crippen LogP contribution in [0.2, 0.25) is 0 Å². The van der Waals surface area contributed by atoms with Gasteiger partial charge in [-0.25, -0.2) is 4.98 Å². The summed E-state index contributed by atoms with van der Waals surface area (Å²) in [5.74, 6) is 1.99. The third-order valence-electron chi connectivity index (χ3n) is 3.50. The van der Waals surface area contributed by atoms with Crippen LogP contribution in [0.15, 0.2) is 12.4 Å². The van der Waals surface area contributed by atoms with E-state index in [0.29, 0.717) is 0 Å². The van der Waals surface area contributed by atoms with Gasteiger partial charge in [0.2, 0.25) is 0 Å². The highest BCUT2D eigenvalue weighted by Gasteiger charge is 2.12. The Labute approximate surface area is 103 Å². The number of nitrogens with zero attached hydrogens (tertiary/aromatic N) is 2. The van der Waals surface area contributed by atoms with Gasteiger partial charge in [0.15, 0.2) is 0 Å². The van der Waals surface area contributed by atoms with Crippen LogP contribution in [0, 0.1) is 5.92 Å². The smallest absolute Gasteiger partial charge is 0.122 e. The van der Waals surface area contributed by atoms with Crippen LogP contribution in [0.25, 0.3) is 0 Å². The van der Waals surface area contributed by atoms with Gasteiger partial charge in [-0.2, -0.15) is 0 Å². The van der Waals surface area contributed by atoms with Crippen molar-refractivity contribution >= 4 is 0 Å². The third kappa shape index (κ3) is 3.82. The fourth-order valence-corrected chi connectivity index (χ4v) is 2.34. The summed E-state index contributed by atoms with van der Waals surface area (Å²) in [5.41, 5.74) is 0. The van der Waals surface area contributed by atoms with Crippen molar-refractivity contribution in [3.05, 3.63) is 18.2 Å². The number of rotatable bonds is 6. The van der Waals surface area contributed by atoms with Crippen molar-refractivity contribution in [2.24, 2.45) is 5.92 Å². The quantitative estimate of drug-likeness (QED) is 0.767. The van der Waals surface area contributed by atoms with E-state index in [9.17, 15) is 0 Å². The van der Waals surface area contributed by atoms with Gasteiger partial charge in [-0.1, -0.05) is 0 Å². The molecule has 0 radical (unpaired) electrons. The molecule has 17 heavy (non-hydrogen) atoms. The first kappa shape index (κ1) is 12.6. The molecule has 2 heterocycles. The van der Waals surface area contributed by atoms with E-state index in [-0.39, 0.29) is 0 Å². The SMILES string of the molecule is CCn1ccnc1CNCCC1CCOCC1. The average molecular weight is 237 g/mol. The Kier molecular flexibility index (Phi) is 5.01. The molecule has 0 bridgehead atoms. The Morgan fingerprint density at radius 1 is 1.47 bits per heavy atom. The van der Waals surface area contributed by atoms with Crippen LogP contribution in [0.5, 0.6) is 0 Å². The van der Waals surface area contributed by atoms with Crippen LogP contribution in [-0.2, 0) is 17.8 Å². The van der Waals surface area contributed by atoms with Crippen molar-refractivity contribution in [3.63, 3.8) is 0 Å². The highest BCUT2D eigenvalue weighted by Crippen LogP contribution is 2.17. The zero-order valence-electron chi connectivity index (χ0n) is 10.7. The second kappa shape index (κ2) is 6.77. The highest BCUT2D eigenvalue weighted by atomic mass is 16.5. The molecule has 0 aromatic carbocycles. The van der Waals surface area contributed by atoms with Crippen molar-refractivity contribution in [1.82, 2.24) is 14.9 Å². The van der Waals surface area contributed by atoms with Gasteiger partial charge in [0.25, 0.3) is 0 Å². The Bertz CT molecular complexity index is 318. The first-order valence-electron chi connectivity index (χ1n) is 6.68. The summed E-state index contributed by atoms with van der Waals surface area (Å²) in [6, 6.07) is 0. The average Bonchev–Trinajstić information content (AvgIpc) is 2.83. The van der Waals surface area contributed by atoms with Crippen molar-refractivity contribution < 1.29 is 4.74 Å². The zero-order chi connectivity index (χ0) is 11.9. The first-order chi connectivity index (χ1) is 8.40. The van der Waals surface area contributed by atoms with Crippen molar-refractivity contribution in [3.8, 4) is 0 Å². The van der Waals surface area contributed by atoms with Gasteiger partial charge in [0.05, 0.1) is 6.54 Å². The lowest BCUT2D eigenvalue weighted by molar-refractivity contribution is 0.0639. The number of ether oxygens (including phenoxy) is 1. The van der Waals surface area contributed by atoms with Crippen LogP contribution in [0.3, 0.4) is 0 Å². The lowest BCUT2D eigenvalue weighted by Gasteiger charge is -2.21. The molecule has 1 fully saturated rings. The summed E-state index contributed by atoms with van der Waals surface area (Å²) in [6.45, 7) is 7.01. The zero-order valence-corrected chi connectivity index (χ0v) is 10.7. The van der Waals surface area contributed by atoms with Crippen molar-refractivity contribution in [2.45, 2.75) is 39.3 Å². The van der Waals surface area contributed by atoms with Crippen molar-refractivity contribution in [1.29, 1.82) is 0 Å². The number of aromatic nitrogens is 2. The molecule has 0 atom stereocenters. The van der Waals surface area contributed by atoms with E-state index < -0.39 is 0 Å². The minimum Gasteiger partial charge on any atom is -0.381 e. The van der Waals surface area contributed by atoms with E-state index in [1.165, 1.54) is 19.3 Å². The van der Waals surface area contributed by atoms with Gasteiger partial charge in [-0.3, -0.25) is 0 Å². The van der Waals surface area contributed by atoms with E-state index >= 15 is 0 Å². The lowest BCUT2D eigenvalue weighted by Crippen LogP contribution is -2.23. The molecule has 4 nitrogen and oxygen atoms in total. The second-order valence-electron chi connectivity index (χ2n) is 4.65. The molecule has 1 aliphatic rings. The normalized spacial score (nSPS) is 17.5. The summed E-state index contributed by atoms with van der Waals surface area (Å²) in [5, 5.41) is 3.49. The molecule has 0 saturated carbocycles. The fraction of sp³-hybridized carbons (Fsp3) is 0.769. The molecule has 1 aromatic heterocycles. The van der Waals surface area contributed by atoms with Crippen LogP contribution >= 0.6 is 0 Å². The maximum Gasteiger partial charge on any atom is 0.122 e. The molecule has 0 unspecified atom stereocenters. The van der Waals surface area contributed by atoms with Gasteiger partial charge < -0.3 is 14.6 Å². The molecule has 1 N–H and O–H groups in total. The van der Waals surface area contributed by atoms with E-state index in [0.717, 1.165) is 44.6 Å². The van der Waals surface area contributed by atoms with E-state index in [1.54, 1.807) is 0 Å². The van der Waals surface area contributed by atoms with Crippen LogP contribution in [0.4, 0.5) is 0 Å². The number of hydrogen-bond donors (Lipinski definition) is 1. The predicted octanol–water partition coefficient (Wildman–Crippen LogP) is 1.81. The standard InChI is InChI=1S/C13H23N3O/c1-2-16-8-7-15-13(16)11-14-6-3-12-4-9-17-10-5-12/h7-8,12,14H,2-6,9-11H2,1H3. The number of aryl methyl sites for hydroxylation is 1. The topological polar surface area (TPSA) is 39.1 Å². The Hall–Kier alpha value is -0.870. The molecule has 1 saturated heterocycles. The maximum absolute atomic E-state index is 5.36. The molecule has 2 rings (SSSR count). The summed E-state index contributed by atoms with van der Waals surface area (Å²) < 4.78 is 7.54. The Morgan fingerprint density at radius 2 is 2.29 bits per heavy atom. The van der Waals surface area contributed by atoms with Crippen LogP contribution in [0.1, 0.15) is 32.0 Å². The summed E-state index contributed by atoms with van der Waals surface area (Å²) >= 11 is 0. The van der Waals surface area contributed by atoms with E-state index in [4.69, 9.17) is 4.74 Å². The predicted molar refractivity (Wildman–Crippen MR) is 67.8 cm³/mol. The lowest BCUT2D eigenvalue weighted by atomic mass is 9.97. The summed E-state index contributed by atoms with van der Waals surface area (Å²) in [4.78, 5) is 4.35. The first-order valence-corrected chi connectivity index (χ1v) is 6.68. The molecule has 1 aromatic rings. The number of nitrogens with one attached hydrogen (secondary N) is 1. The van der Waals surface area contributed by atoms with Crippen LogP contribution in [-0.4, -0.2) is 29.3 Å². The highest BCUT2D eigenvalue weighted by molar-refractivity contribution is 4.91. The van der Waals surface area contributed by atoms with Gasteiger partial charge in [0.1, 0.15) is 5.82 Å². The molecule has 0 spiro atoms. The second-order valence-corrected chi connectivity index (χ2v) is 4.65. The molecule has 0 aliphatic carbocycles. The maximum atomic E-state index is 5.36. The number of hydrogen-bond acceptors (Lipinski definition) is 3. The van der Waals surface area contributed by atoms with Gasteiger partial charge in [0, 0.05) is 32.2 Å². The van der Waals surface area contributed by atoms with Gasteiger partial charge in [-0.15, -0.1) is 0 Å². The van der Waals surface area contributed by atoms with E-state index in [1.807, 2.05) is 12.4 Å². The minimum atomic E-state index is 0.849. The monoisotopic (exact) mass is 237 g/mol. The van der Waals surface area contributed by atoms with Gasteiger partial charge in [-0.05, 0) is 38.6 Å². The fourth-order valence-electron chi connectivity index (χ4n) is 2.34. The molecular weight excluding hydrogens is 214 g/mol. The molecule has 0 amide bonds.